The van der Waals surface area contributed by atoms with Gasteiger partial charge in [0.05, 0.1) is 0 Å². The summed E-state index contributed by atoms with van der Waals surface area (Å²) in [5.74, 6) is 0. The molecule has 2 amide bonds. The Balaban J connectivity index is 1.81. The largest absolute Gasteiger partial charge is 0.335 e. The number of rotatable bonds is 3. The van der Waals surface area contributed by atoms with Crippen molar-refractivity contribution in [3.63, 3.8) is 0 Å². The smallest absolute Gasteiger partial charge is 0.315 e. The van der Waals surface area contributed by atoms with E-state index in [9.17, 15) is 4.79 Å². The predicted molar refractivity (Wildman–Crippen MR) is 73.5 cm³/mol. The van der Waals surface area contributed by atoms with Crippen molar-refractivity contribution in [1.29, 1.82) is 0 Å². The van der Waals surface area contributed by atoms with Crippen LogP contribution in [0.2, 0.25) is 0 Å². The van der Waals surface area contributed by atoms with Crippen molar-refractivity contribution in [2.75, 3.05) is 0 Å². The fourth-order valence-electron chi connectivity index (χ4n) is 2.53. The van der Waals surface area contributed by atoms with Crippen molar-refractivity contribution >= 4 is 6.03 Å². The molecule has 0 radical (unpaired) electrons. The Hall–Kier alpha value is -1.51. The van der Waals surface area contributed by atoms with E-state index in [0.29, 0.717) is 12.6 Å². The Labute approximate surface area is 109 Å². The van der Waals surface area contributed by atoms with Gasteiger partial charge in [0.15, 0.2) is 0 Å². The Kier molecular flexibility index (Phi) is 4.24. The van der Waals surface area contributed by atoms with E-state index in [1.807, 2.05) is 0 Å². The monoisotopic (exact) mass is 246 g/mol. The number of urea groups is 1. The molecule has 1 aromatic carbocycles. The lowest BCUT2D eigenvalue weighted by molar-refractivity contribution is 0.236. The molecule has 3 heteroatoms. The van der Waals surface area contributed by atoms with E-state index >= 15 is 0 Å². The van der Waals surface area contributed by atoms with Crippen LogP contribution in [0.1, 0.15) is 42.4 Å². The molecule has 0 bridgehead atoms. The zero-order valence-corrected chi connectivity index (χ0v) is 11.3. The van der Waals surface area contributed by atoms with Crippen molar-refractivity contribution in [2.24, 2.45) is 0 Å². The number of hydrogen-bond donors (Lipinski definition) is 2. The number of nitrogens with one attached hydrogen (secondary N) is 2. The van der Waals surface area contributed by atoms with Crippen LogP contribution in [-0.2, 0) is 6.54 Å². The third kappa shape index (κ3) is 3.49. The van der Waals surface area contributed by atoms with E-state index in [2.05, 4.69) is 42.7 Å². The van der Waals surface area contributed by atoms with Gasteiger partial charge in [0.25, 0.3) is 0 Å². The van der Waals surface area contributed by atoms with E-state index in [1.54, 1.807) is 0 Å². The van der Waals surface area contributed by atoms with E-state index in [4.69, 9.17) is 0 Å². The summed E-state index contributed by atoms with van der Waals surface area (Å²) in [4.78, 5) is 11.7. The van der Waals surface area contributed by atoms with Crippen LogP contribution in [0, 0.1) is 13.8 Å². The summed E-state index contributed by atoms with van der Waals surface area (Å²) >= 11 is 0. The molecule has 0 unspecified atom stereocenters. The van der Waals surface area contributed by atoms with Gasteiger partial charge in [0, 0.05) is 12.6 Å². The number of hydrogen-bond acceptors (Lipinski definition) is 1. The van der Waals surface area contributed by atoms with Gasteiger partial charge < -0.3 is 10.6 Å². The lowest BCUT2D eigenvalue weighted by Gasteiger charge is -2.14. The molecule has 0 aromatic heterocycles. The first-order chi connectivity index (χ1) is 8.65. The van der Waals surface area contributed by atoms with Gasteiger partial charge >= 0.3 is 6.03 Å². The highest BCUT2D eigenvalue weighted by molar-refractivity contribution is 5.74. The molecule has 1 fully saturated rings. The Morgan fingerprint density at radius 3 is 2.67 bits per heavy atom. The van der Waals surface area contributed by atoms with Crippen molar-refractivity contribution in [3.05, 3.63) is 34.9 Å². The summed E-state index contributed by atoms with van der Waals surface area (Å²) in [6, 6.07) is 6.65. The maximum absolute atomic E-state index is 11.7. The summed E-state index contributed by atoms with van der Waals surface area (Å²) < 4.78 is 0. The number of carbonyl (C=O) groups is 1. The van der Waals surface area contributed by atoms with Gasteiger partial charge in [-0.1, -0.05) is 36.6 Å². The first-order valence-corrected chi connectivity index (χ1v) is 6.75. The van der Waals surface area contributed by atoms with Crippen LogP contribution in [0.15, 0.2) is 18.2 Å². The van der Waals surface area contributed by atoms with E-state index < -0.39 is 0 Å². The van der Waals surface area contributed by atoms with Crippen molar-refractivity contribution in [3.8, 4) is 0 Å². The Morgan fingerprint density at radius 2 is 2.00 bits per heavy atom. The molecular weight excluding hydrogens is 224 g/mol. The van der Waals surface area contributed by atoms with Crippen molar-refractivity contribution in [1.82, 2.24) is 10.6 Å². The first-order valence-electron chi connectivity index (χ1n) is 6.75. The summed E-state index contributed by atoms with van der Waals surface area (Å²) in [5, 5.41) is 5.97. The molecule has 0 saturated heterocycles. The number of carbonyl (C=O) groups excluding carboxylic acids is 1. The molecule has 1 aromatic rings. The highest BCUT2D eigenvalue weighted by Crippen LogP contribution is 2.17. The van der Waals surface area contributed by atoms with Crippen LogP contribution in [-0.4, -0.2) is 12.1 Å². The Morgan fingerprint density at radius 1 is 1.28 bits per heavy atom. The first kappa shape index (κ1) is 12.9. The van der Waals surface area contributed by atoms with E-state index in [-0.39, 0.29) is 6.03 Å². The third-order valence-electron chi connectivity index (χ3n) is 3.63. The molecule has 0 spiro atoms. The fraction of sp³-hybridized carbons (Fsp3) is 0.533. The normalized spacial score (nSPS) is 15.7. The number of benzene rings is 1. The van der Waals surface area contributed by atoms with Crippen molar-refractivity contribution < 1.29 is 4.79 Å². The SMILES string of the molecule is Cc1ccc(CNC(=O)NC2CCCC2)c(C)c1. The van der Waals surface area contributed by atoms with Crippen molar-refractivity contribution in [2.45, 2.75) is 52.1 Å². The average molecular weight is 246 g/mol. The zero-order chi connectivity index (χ0) is 13.0. The highest BCUT2D eigenvalue weighted by Gasteiger charge is 2.16. The van der Waals surface area contributed by atoms with Gasteiger partial charge in [0.2, 0.25) is 0 Å². The fourth-order valence-corrected chi connectivity index (χ4v) is 2.53. The molecule has 0 aliphatic heterocycles. The highest BCUT2D eigenvalue weighted by atomic mass is 16.2. The summed E-state index contributed by atoms with van der Waals surface area (Å²) in [6.45, 7) is 4.76. The quantitative estimate of drug-likeness (QED) is 0.845. The molecule has 1 aliphatic rings. The molecule has 0 atom stereocenters. The van der Waals surface area contributed by atoms with Crippen LogP contribution < -0.4 is 10.6 Å². The minimum Gasteiger partial charge on any atom is -0.335 e. The molecule has 1 aliphatic carbocycles. The molecule has 3 nitrogen and oxygen atoms in total. The number of amides is 2. The molecular formula is C15H22N2O. The topological polar surface area (TPSA) is 41.1 Å². The lowest BCUT2D eigenvalue weighted by Crippen LogP contribution is -2.40. The van der Waals surface area contributed by atoms with Crippen LogP contribution in [0.3, 0.4) is 0 Å². The zero-order valence-electron chi connectivity index (χ0n) is 11.3. The van der Waals surface area contributed by atoms with Gasteiger partial charge in [0.1, 0.15) is 0 Å². The standard InChI is InChI=1S/C15H22N2O/c1-11-7-8-13(12(2)9-11)10-16-15(18)17-14-5-3-4-6-14/h7-9,14H,3-6,10H2,1-2H3,(H2,16,17,18). The second-order valence-electron chi connectivity index (χ2n) is 5.24. The lowest BCUT2D eigenvalue weighted by atomic mass is 10.1. The van der Waals surface area contributed by atoms with Crippen LogP contribution in [0.5, 0.6) is 0 Å². The maximum Gasteiger partial charge on any atom is 0.315 e. The third-order valence-corrected chi connectivity index (χ3v) is 3.63. The molecule has 0 heterocycles. The summed E-state index contributed by atoms with van der Waals surface area (Å²) in [5.41, 5.74) is 3.67. The van der Waals surface area contributed by atoms with E-state index in [0.717, 1.165) is 12.8 Å². The van der Waals surface area contributed by atoms with Gasteiger partial charge in [-0.3, -0.25) is 0 Å². The molecule has 98 valence electrons. The minimum absolute atomic E-state index is 0.0399. The summed E-state index contributed by atoms with van der Waals surface area (Å²) in [7, 11) is 0. The van der Waals surface area contributed by atoms with Crippen LogP contribution >= 0.6 is 0 Å². The maximum atomic E-state index is 11.7. The predicted octanol–water partition coefficient (Wildman–Crippen LogP) is 3.05. The number of aryl methyl sites for hydroxylation is 2. The van der Waals surface area contributed by atoms with Gasteiger partial charge in [-0.25, -0.2) is 4.79 Å². The molecule has 2 N–H and O–H groups in total. The van der Waals surface area contributed by atoms with Gasteiger partial charge in [-0.05, 0) is 37.8 Å². The molecule has 2 rings (SSSR count). The molecule has 18 heavy (non-hydrogen) atoms. The van der Waals surface area contributed by atoms with Crippen LogP contribution in [0.25, 0.3) is 0 Å². The second-order valence-corrected chi connectivity index (χ2v) is 5.24. The van der Waals surface area contributed by atoms with Gasteiger partial charge in [-0.2, -0.15) is 0 Å². The second kappa shape index (κ2) is 5.89. The van der Waals surface area contributed by atoms with E-state index in [1.165, 1.54) is 29.5 Å². The summed E-state index contributed by atoms with van der Waals surface area (Å²) in [6.07, 6.45) is 4.72. The van der Waals surface area contributed by atoms with Crippen LogP contribution in [0.4, 0.5) is 4.79 Å². The molecule has 1 saturated carbocycles. The minimum atomic E-state index is -0.0399. The van der Waals surface area contributed by atoms with Gasteiger partial charge in [-0.15, -0.1) is 0 Å². The average Bonchev–Trinajstić information content (AvgIpc) is 2.80. The Bertz CT molecular complexity index is 423.